The highest BCUT2D eigenvalue weighted by molar-refractivity contribution is 5.79. The molecule has 2 amide bonds. The van der Waals surface area contributed by atoms with Crippen molar-refractivity contribution in [2.75, 3.05) is 26.2 Å². The maximum absolute atomic E-state index is 12.7. The van der Waals surface area contributed by atoms with Gasteiger partial charge in [-0.3, -0.25) is 4.79 Å². The third-order valence-corrected chi connectivity index (χ3v) is 4.41. The van der Waals surface area contributed by atoms with E-state index in [1.54, 1.807) is 9.58 Å². The summed E-state index contributed by atoms with van der Waals surface area (Å²) in [5, 5.41) is 11.1. The minimum Gasteiger partial charge on any atom is -0.444 e. The monoisotopic (exact) mass is 386 g/mol. The second-order valence-electron chi connectivity index (χ2n) is 7.80. The lowest BCUT2D eigenvalue weighted by Gasteiger charge is -2.26. The molecular formula is C19H26N6O3. The number of nitrogens with zero attached hydrogens (tertiary/aromatic N) is 6. The van der Waals surface area contributed by atoms with E-state index in [9.17, 15) is 9.59 Å². The zero-order valence-electron chi connectivity index (χ0n) is 16.5. The molecule has 1 aromatic carbocycles. The van der Waals surface area contributed by atoms with Crippen molar-refractivity contribution >= 4 is 12.0 Å². The lowest BCUT2D eigenvalue weighted by atomic mass is 10.1. The second kappa shape index (κ2) is 8.37. The third kappa shape index (κ3) is 5.28. The molecule has 0 N–H and O–H groups in total. The molecule has 0 saturated carbocycles. The largest absolute Gasteiger partial charge is 0.444 e. The highest BCUT2D eigenvalue weighted by Gasteiger charge is 2.25. The summed E-state index contributed by atoms with van der Waals surface area (Å²) in [5.74, 6) is 0.0567. The molecule has 150 valence electrons. The summed E-state index contributed by atoms with van der Waals surface area (Å²) in [6, 6.07) is 7.57. The number of carbonyl (C=O) groups is 2. The molecule has 2 heterocycles. The van der Waals surface area contributed by atoms with Crippen LogP contribution >= 0.6 is 0 Å². The highest BCUT2D eigenvalue weighted by atomic mass is 16.6. The zero-order valence-corrected chi connectivity index (χ0v) is 16.5. The summed E-state index contributed by atoms with van der Waals surface area (Å²) in [5.41, 5.74) is 1.24. The molecule has 1 aliphatic rings. The van der Waals surface area contributed by atoms with E-state index in [1.165, 1.54) is 6.33 Å². The Bertz CT molecular complexity index is 798. The lowest BCUT2D eigenvalue weighted by Crippen LogP contribution is -2.40. The minimum atomic E-state index is -0.520. The van der Waals surface area contributed by atoms with E-state index < -0.39 is 5.60 Å². The average Bonchev–Trinajstić information content (AvgIpc) is 3.04. The summed E-state index contributed by atoms with van der Waals surface area (Å²) < 4.78 is 6.99. The van der Waals surface area contributed by atoms with Crippen molar-refractivity contribution in [1.29, 1.82) is 0 Å². The van der Waals surface area contributed by atoms with Gasteiger partial charge in [-0.2, -0.15) is 0 Å². The van der Waals surface area contributed by atoms with Gasteiger partial charge < -0.3 is 14.5 Å². The molecule has 0 bridgehead atoms. The van der Waals surface area contributed by atoms with E-state index >= 15 is 0 Å². The van der Waals surface area contributed by atoms with Crippen LogP contribution in [0.25, 0.3) is 5.69 Å². The van der Waals surface area contributed by atoms with Crippen molar-refractivity contribution in [3.05, 3.63) is 36.2 Å². The van der Waals surface area contributed by atoms with Gasteiger partial charge in [0.2, 0.25) is 5.91 Å². The van der Waals surface area contributed by atoms with Gasteiger partial charge in [0, 0.05) is 26.2 Å². The van der Waals surface area contributed by atoms with E-state index in [0.717, 1.165) is 17.7 Å². The van der Waals surface area contributed by atoms with Crippen molar-refractivity contribution in [2.45, 2.75) is 39.2 Å². The lowest BCUT2D eigenvalue weighted by molar-refractivity contribution is -0.130. The normalized spacial score (nSPS) is 15.2. The molecular weight excluding hydrogens is 360 g/mol. The molecule has 0 unspecified atom stereocenters. The first-order valence-electron chi connectivity index (χ1n) is 9.40. The predicted molar refractivity (Wildman–Crippen MR) is 102 cm³/mol. The molecule has 1 saturated heterocycles. The molecule has 3 rings (SSSR count). The van der Waals surface area contributed by atoms with Crippen LogP contribution in [0.1, 0.15) is 32.8 Å². The maximum atomic E-state index is 12.7. The maximum Gasteiger partial charge on any atom is 0.410 e. The van der Waals surface area contributed by atoms with Gasteiger partial charge in [0.05, 0.1) is 12.1 Å². The molecule has 0 aliphatic carbocycles. The molecule has 28 heavy (non-hydrogen) atoms. The number of carbonyl (C=O) groups excluding carboxylic acids is 2. The molecule has 1 aliphatic heterocycles. The van der Waals surface area contributed by atoms with Crippen LogP contribution in [-0.2, 0) is 16.0 Å². The molecule has 2 aromatic rings. The number of aromatic nitrogens is 4. The smallest absolute Gasteiger partial charge is 0.410 e. The minimum absolute atomic E-state index is 0.0567. The van der Waals surface area contributed by atoms with Crippen molar-refractivity contribution in [1.82, 2.24) is 30.0 Å². The Morgan fingerprint density at radius 2 is 1.71 bits per heavy atom. The summed E-state index contributed by atoms with van der Waals surface area (Å²) in [7, 11) is 0. The van der Waals surface area contributed by atoms with Crippen LogP contribution in [0.3, 0.4) is 0 Å². The molecule has 9 heteroatoms. The second-order valence-corrected chi connectivity index (χ2v) is 7.80. The van der Waals surface area contributed by atoms with E-state index in [1.807, 2.05) is 49.9 Å². The Kier molecular flexibility index (Phi) is 5.91. The van der Waals surface area contributed by atoms with Crippen LogP contribution in [0, 0.1) is 0 Å². The number of hydrogen-bond acceptors (Lipinski definition) is 6. The van der Waals surface area contributed by atoms with Crippen molar-refractivity contribution in [2.24, 2.45) is 0 Å². The third-order valence-electron chi connectivity index (χ3n) is 4.41. The van der Waals surface area contributed by atoms with Crippen molar-refractivity contribution < 1.29 is 14.3 Å². The Hall–Kier alpha value is -2.97. The standard InChI is InChI=1S/C19H26N6O3/c1-19(2,3)28-18(27)24-10-4-9-23(11-12-24)17(26)13-15-5-7-16(8-6-15)25-14-20-21-22-25/h5-8,14H,4,9-13H2,1-3H3. The number of hydrogen-bond donors (Lipinski definition) is 0. The first-order chi connectivity index (χ1) is 13.3. The highest BCUT2D eigenvalue weighted by Crippen LogP contribution is 2.14. The van der Waals surface area contributed by atoms with Crippen LogP contribution in [0.5, 0.6) is 0 Å². The van der Waals surface area contributed by atoms with Crippen LogP contribution in [0.4, 0.5) is 4.79 Å². The van der Waals surface area contributed by atoms with Crippen molar-refractivity contribution in [3.8, 4) is 5.69 Å². The molecule has 1 fully saturated rings. The molecule has 9 nitrogen and oxygen atoms in total. The van der Waals surface area contributed by atoms with E-state index in [2.05, 4.69) is 15.5 Å². The average molecular weight is 386 g/mol. The van der Waals surface area contributed by atoms with Gasteiger partial charge in [-0.15, -0.1) is 5.10 Å². The van der Waals surface area contributed by atoms with Gasteiger partial charge in [0.15, 0.2) is 0 Å². The number of amides is 2. The van der Waals surface area contributed by atoms with Gasteiger partial charge in [-0.05, 0) is 55.3 Å². The summed E-state index contributed by atoms with van der Waals surface area (Å²) in [4.78, 5) is 28.4. The van der Waals surface area contributed by atoms with Crippen LogP contribution < -0.4 is 0 Å². The number of ether oxygens (including phenoxy) is 1. The fourth-order valence-electron chi connectivity index (χ4n) is 3.01. The first kappa shape index (κ1) is 19.8. The van der Waals surface area contributed by atoms with Gasteiger partial charge in [0.1, 0.15) is 11.9 Å². The van der Waals surface area contributed by atoms with E-state index in [0.29, 0.717) is 32.6 Å². The fraction of sp³-hybridized carbons (Fsp3) is 0.526. The van der Waals surface area contributed by atoms with Crippen molar-refractivity contribution in [3.63, 3.8) is 0 Å². The fourth-order valence-corrected chi connectivity index (χ4v) is 3.01. The number of benzene rings is 1. The van der Waals surface area contributed by atoms with Crippen LogP contribution in [0.2, 0.25) is 0 Å². The summed E-state index contributed by atoms with van der Waals surface area (Å²) in [6.07, 6.45) is 2.26. The first-order valence-corrected chi connectivity index (χ1v) is 9.40. The number of tetrazole rings is 1. The Morgan fingerprint density at radius 1 is 1.04 bits per heavy atom. The predicted octanol–water partition coefficient (Wildman–Crippen LogP) is 1.67. The summed E-state index contributed by atoms with van der Waals surface area (Å²) >= 11 is 0. The molecule has 1 aromatic heterocycles. The molecule has 0 spiro atoms. The topological polar surface area (TPSA) is 93.5 Å². The Labute approximate surface area is 164 Å². The van der Waals surface area contributed by atoms with Gasteiger partial charge in [-0.1, -0.05) is 12.1 Å². The Balaban J connectivity index is 1.54. The molecule has 0 atom stereocenters. The number of rotatable bonds is 3. The van der Waals surface area contributed by atoms with Gasteiger partial charge in [0.25, 0.3) is 0 Å². The van der Waals surface area contributed by atoms with Gasteiger partial charge in [-0.25, -0.2) is 9.48 Å². The molecule has 0 radical (unpaired) electrons. The SMILES string of the molecule is CC(C)(C)OC(=O)N1CCCN(C(=O)Cc2ccc(-n3cnnn3)cc2)CC1. The van der Waals surface area contributed by atoms with Crippen LogP contribution in [-0.4, -0.2) is 73.8 Å². The summed E-state index contributed by atoms with van der Waals surface area (Å²) in [6.45, 7) is 7.79. The Morgan fingerprint density at radius 3 is 2.36 bits per heavy atom. The zero-order chi connectivity index (χ0) is 20.1. The van der Waals surface area contributed by atoms with E-state index in [4.69, 9.17) is 4.74 Å². The quantitative estimate of drug-likeness (QED) is 0.797. The van der Waals surface area contributed by atoms with Crippen LogP contribution in [0.15, 0.2) is 30.6 Å². The van der Waals surface area contributed by atoms with Gasteiger partial charge >= 0.3 is 6.09 Å². The van der Waals surface area contributed by atoms with E-state index in [-0.39, 0.29) is 12.0 Å².